The highest BCUT2D eigenvalue weighted by molar-refractivity contribution is 7.78. The molecular formula is C6H6N2S2. The number of rotatable bonds is 3. The second kappa shape index (κ2) is 6.46. The van der Waals surface area contributed by atoms with Gasteiger partial charge in [-0.25, -0.2) is 0 Å². The van der Waals surface area contributed by atoms with E-state index in [-0.39, 0.29) is 0 Å². The summed E-state index contributed by atoms with van der Waals surface area (Å²) in [5, 5.41) is 4.39. The van der Waals surface area contributed by atoms with E-state index in [4.69, 9.17) is 0 Å². The summed E-state index contributed by atoms with van der Waals surface area (Å²) in [6.07, 6.45) is 2.63. The molecule has 0 rings (SSSR count). The van der Waals surface area contributed by atoms with Crippen molar-refractivity contribution in [3.05, 3.63) is 11.9 Å². The average molecular weight is 170 g/mol. The lowest BCUT2D eigenvalue weighted by Gasteiger charge is -1.83. The zero-order chi connectivity index (χ0) is 7.82. The summed E-state index contributed by atoms with van der Waals surface area (Å²) in [6.45, 7) is 1.97. The summed E-state index contributed by atoms with van der Waals surface area (Å²) in [7, 11) is 0. The van der Waals surface area contributed by atoms with Crippen molar-refractivity contribution in [2.45, 2.75) is 13.3 Å². The van der Waals surface area contributed by atoms with Gasteiger partial charge in [-0.2, -0.15) is 9.98 Å². The normalized spacial score (nSPS) is 6.90. The minimum absolute atomic E-state index is 0.479. The van der Waals surface area contributed by atoms with Crippen molar-refractivity contribution in [3.63, 3.8) is 0 Å². The number of hydrogen-bond donors (Lipinski definition) is 0. The van der Waals surface area contributed by atoms with Crippen LogP contribution in [0.2, 0.25) is 0 Å². The fraction of sp³-hybridized carbons (Fsp3) is 0.333. The van der Waals surface area contributed by atoms with Crippen LogP contribution in [0.1, 0.15) is 13.3 Å². The highest BCUT2D eigenvalue weighted by atomic mass is 32.1. The molecule has 0 aliphatic heterocycles. The van der Waals surface area contributed by atoms with E-state index in [2.05, 4.69) is 44.7 Å². The number of aliphatic imine (C=N–C) groups is 2. The summed E-state index contributed by atoms with van der Waals surface area (Å²) < 4.78 is 0. The molecule has 0 heterocycles. The standard InChI is InChI=1S/C6H6N2S2/c1-2-3-6(7-4-9)8-5-10/h3H,2H2,1H3. The van der Waals surface area contributed by atoms with Gasteiger partial charge in [0.25, 0.3) is 0 Å². The maximum atomic E-state index is 4.38. The van der Waals surface area contributed by atoms with Gasteiger partial charge in [-0.3, -0.25) is 0 Å². The van der Waals surface area contributed by atoms with Crippen LogP contribution in [0, 0.1) is 0 Å². The van der Waals surface area contributed by atoms with E-state index >= 15 is 0 Å². The molecule has 0 aliphatic carbocycles. The third-order valence-corrected chi connectivity index (χ3v) is 0.890. The molecule has 0 aromatic rings. The van der Waals surface area contributed by atoms with Crippen molar-refractivity contribution >= 4 is 34.8 Å². The number of nitrogens with zero attached hydrogens (tertiary/aromatic N) is 2. The Morgan fingerprint density at radius 1 is 1.40 bits per heavy atom. The Hall–Kier alpha value is -0.660. The molecule has 0 aromatic heterocycles. The molecule has 0 spiro atoms. The third kappa shape index (κ3) is 4.24. The van der Waals surface area contributed by atoms with Crippen molar-refractivity contribution in [2.75, 3.05) is 0 Å². The smallest absolute Gasteiger partial charge is 0.168 e. The van der Waals surface area contributed by atoms with Gasteiger partial charge < -0.3 is 0 Å². The predicted molar refractivity (Wildman–Crippen MR) is 48.4 cm³/mol. The lowest BCUT2D eigenvalue weighted by molar-refractivity contribution is 1.14. The first-order valence-electron chi connectivity index (χ1n) is 2.71. The molecule has 4 heteroatoms. The van der Waals surface area contributed by atoms with Gasteiger partial charge in [0, 0.05) is 0 Å². The van der Waals surface area contributed by atoms with Crippen LogP contribution < -0.4 is 0 Å². The van der Waals surface area contributed by atoms with Gasteiger partial charge >= 0.3 is 0 Å². The molecule has 0 fully saturated rings. The molecule has 10 heavy (non-hydrogen) atoms. The Morgan fingerprint density at radius 2 is 1.90 bits per heavy atom. The van der Waals surface area contributed by atoms with E-state index in [1.165, 1.54) is 0 Å². The molecule has 0 unspecified atom stereocenters. The Kier molecular flexibility index (Phi) is 6.03. The van der Waals surface area contributed by atoms with E-state index in [9.17, 15) is 0 Å². The van der Waals surface area contributed by atoms with Crippen LogP contribution in [0.3, 0.4) is 0 Å². The topological polar surface area (TPSA) is 24.7 Å². The Bertz CT molecular complexity index is 200. The molecule has 0 N–H and O–H groups in total. The van der Waals surface area contributed by atoms with Crippen LogP contribution in [-0.2, 0) is 0 Å². The highest BCUT2D eigenvalue weighted by Crippen LogP contribution is 1.97. The van der Waals surface area contributed by atoms with Gasteiger partial charge in [-0.05, 0) is 36.9 Å². The molecule has 0 saturated carbocycles. The van der Waals surface area contributed by atoms with Crippen LogP contribution in [0.5, 0.6) is 0 Å². The third-order valence-electron chi connectivity index (χ3n) is 0.707. The summed E-state index contributed by atoms with van der Waals surface area (Å²) in [4.78, 5) is 7.27. The van der Waals surface area contributed by atoms with Crippen molar-refractivity contribution in [1.29, 1.82) is 0 Å². The van der Waals surface area contributed by atoms with E-state index in [0.717, 1.165) is 6.42 Å². The first kappa shape index (κ1) is 9.34. The zero-order valence-electron chi connectivity index (χ0n) is 5.50. The summed E-state index contributed by atoms with van der Waals surface area (Å²) in [6, 6.07) is 0. The minimum atomic E-state index is 0.479. The maximum Gasteiger partial charge on any atom is 0.168 e. The summed E-state index contributed by atoms with van der Waals surface area (Å²) in [5.41, 5.74) is 0. The molecule has 2 nitrogen and oxygen atoms in total. The second-order valence-corrected chi connectivity index (χ2v) is 1.74. The first-order chi connectivity index (χ1) is 4.85. The fourth-order valence-electron chi connectivity index (χ4n) is 0.392. The minimum Gasteiger partial charge on any atom is -0.174 e. The number of allylic oxidation sites excluding steroid dienone is 1. The van der Waals surface area contributed by atoms with Crippen LogP contribution >= 0.6 is 24.4 Å². The van der Waals surface area contributed by atoms with Gasteiger partial charge in [-0.1, -0.05) is 6.92 Å². The van der Waals surface area contributed by atoms with Crippen LogP contribution in [0.4, 0.5) is 0 Å². The van der Waals surface area contributed by atoms with E-state index in [1.54, 1.807) is 6.08 Å². The first-order valence-corrected chi connectivity index (χ1v) is 3.52. The van der Waals surface area contributed by atoms with Crippen molar-refractivity contribution in [2.24, 2.45) is 9.98 Å². The monoisotopic (exact) mass is 170 g/mol. The number of thiocarbonyl (C=S) groups is 2. The quantitative estimate of drug-likeness (QED) is 0.480. The van der Waals surface area contributed by atoms with E-state index in [1.807, 2.05) is 6.92 Å². The molecular weight excluding hydrogens is 164 g/mol. The molecule has 0 saturated heterocycles. The largest absolute Gasteiger partial charge is 0.174 e. The Labute approximate surface area is 70.4 Å². The van der Waals surface area contributed by atoms with Gasteiger partial charge in [0.1, 0.15) is 0 Å². The van der Waals surface area contributed by atoms with Gasteiger partial charge in [0.05, 0.1) is 10.3 Å². The lowest BCUT2D eigenvalue weighted by atomic mass is 10.4. The Balaban J connectivity index is 4.40. The molecule has 0 amide bonds. The molecule has 0 aliphatic rings. The average Bonchev–Trinajstić information content (AvgIpc) is 1.90. The van der Waals surface area contributed by atoms with Gasteiger partial charge in [-0.15, -0.1) is 0 Å². The second-order valence-electron chi connectivity index (χ2n) is 1.38. The maximum absolute atomic E-state index is 4.38. The van der Waals surface area contributed by atoms with Gasteiger partial charge in [0.15, 0.2) is 5.82 Å². The van der Waals surface area contributed by atoms with Crippen LogP contribution in [0.25, 0.3) is 0 Å². The number of hydrogen-bond acceptors (Lipinski definition) is 4. The highest BCUT2D eigenvalue weighted by Gasteiger charge is 1.83. The van der Waals surface area contributed by atoms with Crippen LogP contribution in [-0.4, -0.2) is 10.3 Å². The van der Waals surface area contributed by atoms with Crippen molar-refractivity contribution in [1.82, 2.24) is 0 Å². The SMILES string of the molecule is CCC=C(N=C=S)N=C=S. The van der Waals surface area contributed by atoms with Crippen molar-refractivity contribution in [3.8, 4) is 0 Å². The molecule has 0 bridgehead atoms. The lowest BCUT2D eigenvalue weighted by Crippen LogP contribution is -1.69. The summed E-state index contributed by atoms with van der Waals surface area (Å²) in [5.74, 6) is 0.479. The molecule has 0 aromatic carbocycles. The molecule has 0 atom stereocenters. The summed E-state index contributed by atoms with van der Waals surface area (Å²) >= 11 is 8.75. The Morgan fingerprint density at radius 3 is 2.20 bits per heavy atom. The van der Waals surface area contributed by atoms with E-state index in [0.29, 0.717) is 5.82 Å². The van der Waals surface area contributed by atoms with E-state index < -0.39 is 0 Å². The van der Waals surface area contributed by atoms with Crippen molar-refractivity contribution < 1.29 is 0 Å². The van der Waals surface area contributed by atoms with Crippen LogP contribution in [0.15, 0.2) is 21.9 Å². The fourth-order valence-corrected chi connectivity index (χ4v) is 0.579. The van der Waals surface area contributed by atoms with Gasteiger partial charge in [0.2, 0.25) is 0 Å². The molecule has 52 valence electrons. The molecule has 0 radical (unpaired) electrons. The number of isothiocyanates is 2. The zero-order valence-corrected chi connectivity index (χ0v) is 7.13. The predicted octanol–water partition coefficient (Wildman–Crippen LogP) is 2.44.